The van der Waals surface area contributed by atoms with Crippen molar-refractivity contribution in [3.8, 4) is 11.5 Å². The molecule has 0 spiro atoms. The summed E-state index contributed by atoms with van der Waals surface area (Å²) in [6.45, 7) is 1.84. The fourth-order valence-corrected chi connectivity index (χ4v) is 2.40. The normalized spacial score (nSPS) is 15.0. The Hall–Kier alpha value is -2.71. The van der Waals surface area contributed by atoms with Gasteiger partial charge in [0.05, 0.1) is 12.4 Å². The van der Waals surface area contributed by atoms with Crippen LogP contribution in [0.1, 0.15) is 12.1 Å². The Labute approximate surface area is 128 Å². The summed E-state index contributed by atoms with van der Waals surface area (Å²) in [6.07, 6.45) is 1.64. The third kappa shape index (κ3) is 2.37. The van der Waals surface area contributed by atoms with Crippen LogP contribution in [0.3, 0.4) is 0 Å². The average Bonchev–Trinajstić information content (AvgIpc) is 2.88. The van der Waals surface area contributed by atoms with Crippen LogP contribution in [-0.4, -0.2) is 37.4 Å². The van der Waals surface area contributed by atoms with Gasteiger partial charge in [0.1, 0.15) is 11.5 Å². The van der Waals surface area contributed by atoms with Gasteiger partial charge in [-0.2, -0.15) is 13.2 Å². The van der Waals surface area contributed by atoms with Crippen LogP contribution in [-0.2, 0) is 6.18 Å². The largest absolute Gasteiger partial charge is 0.434 e. The Balaban J connectivity index is 1.82. The predicted molar refractivity (Wildman–Crippen MR) is 75.8 cm³/mol. The van der Waals surface area contributed by atoms with E-state index in [1.165, 1.54) is 10.6 Å². The highest BCUT2D eigenvalue weighted by Gasteiger charge is 2.33. The van der Waals surface area contributed by atoms with Crippen LogP contribution in [0.4, 0.5) is 19.0 Å². The SMILES string of the molecule is FC(F)(F)c1cn2c(-c3nccc(N4CCC4)n3)cnc2cn1. The summed E-state index contributed by atoms with van der Waals surface area (Å²) in [6, 6.07) is 1.79. The summed E-state index contributed by atoms with van der Waals surface area (Å²) >= 11 is 0. The molecular weight excluding hydrogens is 309 g/mol. The molecule has 0 atom stereocenters. The second-order valence-corrected chi connectivity index (χ2v) is 5.22. The van der Waals surface area contributed by atoms with Crippen LogP contribution in [0.25, 0.3) is 17.2 Å². The fraction of sp³-hybridized carbons (Fsp3) is 0.286. The predicted octanol–water partition coefficient (Wildman–Crippen LogP) is 2.42. The van der Waals surface area contributed by atoms with Crippen LogP contribution < -0.4 is 4.90 Å². The number of hydrogen-bond acceptors (Lipinski definition) is 5. The molecule has 4 heterocycles. The van der Waals surface area contributed by atoms with E-state index >= 15 is 0 Å². The Bertz CT molecular complexity index is 868. The van der Waals surface area contributed by atoms with Crippen molar-refractivity contribution in [1.82, 2.24) is 24.3 Å². The molecule has 1 aliphatic rings. The van der Waals surface area contributed by atoms with Crippen LogP contribution in [0.5, 0.6) is 0 Å². The molecule has 1 fully saturated rings. The molecule has 0 N–H and O–H groups in total. The van der Waals surface area contributed by atoms with Crippen molar-refractivity contribution in [3.05, 3.63) is 36.5 Å². The average molecular weight is 320 g/mol. The van der Waals surface area contributed by atoms with Gasteiger partial charge in [-0.15, -0.1) is 0 Å². The van der Waals surface area contributed by atoms with Gasteiger partial charge in [0.15, 0.2) is 17.2 Å². The first-order chi connectivity index (χ1) is 11.0. The molecule has 1 aliphatic heterocycles. The smallest absolute Gasteiger partial charge is 0.356 e. The number of nitrogens with zero attached hydrogens (tertiary/aromatic N) is 6. The minimum atomic E-state index is -4.52. The lowest BCUT2D eigenvalue weighted by Gasteiger charge is -2.31. The Morgan fingerprint density at radius 2 is 1.87 bits per heavy atom. The van der Waals surface area contributed by atoms with E-state index in [-0.39, 0.29) is 0 Å². The second-order valence-electron chi connectivity index (χ2n) is 5.22. The molecule has 9 heteroatoms. The quantitative estimate of drug-likeness (QED) is 0.726. The maximum atomic E-state index is 12.8. The number of halogens is 3. The van der Waals surface area contributed by atoms with Crippen LogP contribution in [0.15, 0.2) is 30.9 Å². The number of fused-ring (bicyclic) bond motifs is 1. The Kier molecular flexibility index (Phi) is 2.97. The maximum Gasteiger partial charge on any atom is 0.434 e. The molecule has 6 nitrogen and oxygen atoms in total. The molecule has 1 saturated heterocycles. The summed E-state index contributed by atoms with van der Waals surface area (Å²) in [5.41, 5.74) is -0.274. The first-order valence-corrected chi connectivity index (χ1v) is 7.01. The van der Waals surface area contributed by atoms with E-state index in [0.29, 0.717) is 17.2 Å². The number of rotatable bonds is 2. The van der Waals surface area contributed by atoms with E-state index in [0.717, 1.165) is 37.7 Å². The highest BCUT2D eigenvalue weighted by Crippen LogP contribution is 2.29. The number of imidazole rings is 1. The van der Waals surface area contributed by atoms with E-state index in [1.807, 2.05) is 0 Å². The minimum absolute atomic E-state index is 0.311. The standard InChI is InChI=1S/C14H11F3N6/c15-14(16,17)10-8-23-9(6-20-12(23)7-19-10)13-18-3-2-11(21-13)22-4-1-5-22/h2-3,6-8H,1,4-5H2. The molecule has 118 valence electrons. The Morgan fingerprint density at radius 1 is 1.04 bits per heavy atom. The third-order valence-corrected chi connectivity index (χ3v) is 3.74. The lowest BCUT2D eigenvalue weighted by molar-refractivity contribution is -0.141. The van der Waals surface area contributed by atoms with Gasteiger partial charge in [0.2, 0.25) is 0 Å². The zero-order chi connectivity index (χ0) is 16.0. The molecule has 3 aromatic rings. The molecule has 0 amide bonds. The maximum absolute atomic E-state index is 12.8. The van der Waals surface area contributed by atoms with Crippen LogP contribution in [0.2, 0.25) is 0 Å². The van der Waals surface area contributed by atoms with E-state index < -0.39 is 11.9 Å². The van der Waals surface area contributed by atoms with E-state index in [1.54, 1.807) is 12.3 Å². The first-order valence-electron chi connectivity index (χ1n) is 7.01. The van der Waals surface area contributed by atoms with Gasteiger partial charge < -0.3 is 4.90 Å². The third-order valence-electron chi connectivity index (χ3n) is 3.74. The zero-order valence-electron chi connectivity index (χ0n) is 11.8. The van der Waals surface area contributed by atoms with Gasteiger partial charge in [-0.3, -0.25) is 4.40 Å². The molecule has 0 radical (unpaired) electrons. The van der Waals surface area contributed by atoms with Crippen molar-refractivity contribution in [1.29, 1.82) is 0 Å². The molecule has 0 bridgehead atoms. The Morgan fingerprint density at radius 3 is 2.57 bits per heavy atom. The summed E-state index contributed by atoms with van der Waals surface area (Å²) in [4.78, 5) is 18.1. The lowest BCUT2D eigenvalue weighted by Crippen LogP contribution is -2.37. The fourth-order valence-electron chi connectivity index (χ4n) is 2.40. The van der Waals surface area contributed by atoms with Crippen molar-refractivity contribution in [2.75, 3.05) is 18.0 Å². The van der Waals surface area contributed by atoms with Gasteiger partial charge >= 0.3 is 6.18 Å². The minimum Gasteiger partial charge on any atom is -0.356 e. The van der Waals surface area contributed by atoms with Crippen molar-refractivity contribution in [2.24, 2.45) is 0 Å². The second kappa shape index (κ2) is 4.90. The number of hydrogen-bond donors (Lipinski definition) is 0. The molecule has 0 unspecified atom stereocenters. The lowest BCUT2D eigenvalue weighted by atomic mass is 10.2. The molecular formula is C14H11F3N6. The van der Waals surface area contributed by atoms with Gasteiger partial charge in [0.25, 0.3) is 0 Å². The van der Waals surface area contributed by atoms with Crippen LogP contribution >= 0.6 is 0 Å². The highest BCUT2D eigenvalue weighted by molar-refractivity contribution is 5.58. The summed E-state index contributed by atoms with van der Waals surface area (Å²) in [5, 5.41) is 0. The summed E-state index contributed by atoms with van der Waals surface area (Å²) in [5.74, 6) is 1.10. The summed E-state index contributed by atoms with van der Waals surface area (Å²) in [7, 11) is 0. The van der Waals surface area contributed by atoms with Crippen molar-refractivity contribution >= 4 is 11.5 Å². The van der Waals surface area contributed by atoms with Gasteiger partial charge in [-0.1, -0.05) is 0 Å². The highest BCUT2D eigenvalue weighted by atomic mass is 19.4. The van der Waals surface area contributed by atoms with Gasteiger partial charge in [-0.25, -0.2) is 19.9 Å². The van der Waals surface area contributed by atoms with Crippen molar-refractivity contribution in [3.63, 3.8) is 0 Å². The van der Waals surface area contributed by atoms with Crippen molar-refractivity contribution < 1.29 is 13.2 Å². The number of alkyl halides is 3. The molecule has 0 aliphatic carbocycles. The number of anilines is 1. The molecule has 4 rings (SSSR count). The summed E-state index contributed by atoms with van der Waals surface area (Å²) < 4.78 is 39.8. The molecule has 3 aromatic heterocycles. The van der Waals surface area contributed by atoms with E-state index in [2.05, 4.69) is 24.8 Å². The molecule has 23 heavy (non-hydrogen) atoms. The van der Waals surface area contributed by atoms with E-state index in [4.69, 9.17) is 0 Å². The molecule has 0 aromatic carbocycles. The van der Waals surface area contributed by atoms with E-state index in [9.17, 15) is 13.2 Å². The monoisotopic (exact) mass is 320 g/mol. The molecule has 0 saturated carbocycles. The van der Waals surface area contributed by atoms with Crippen LogP contribution in [0, 0.1) is 0 Å². The number of aromatic nitrogens is 5. The zero-order valence-corrected chi connectivity index (χ0v) is 11.8. The first kappa shape index (κ1) is 13.9. The van der Waals surface area contributed by atoms with Crippen molar-refractivity contribution in [2.45, 2.75) is 12.6 Å². The topological polar surface area (TPSA) is 59.2 Å². The van der Waals surface area contributed by atoms with Gasteiger partial charge in [-0.05, 0) is 12.5 Å². The van der Waals surface area contributed by atoms with Gasteiger partial charge in [0, 0.05) is 25.5 Å².